The number of aromatic nitrogens is 4. The maximum atomic E-state index is 12.2. The molecule has 3 heterocycles. The van der Waals surface area contributed by atoms with Gasteiger partial charge >= 0.3 is 0 Å². The molecule has 0 fully saturated rings. The van der Waals surface area contributed by atoms with Crippen molar-refractivity contribution in [2.75, 3.05) is 5.32 Å². The van der Waals surface area contributed by atoms with Gasteiger partial charge in [0.05, 0.1) is 17.6 Å². The fraction of sp³-hybridized carbons (Fsp3) is 0.176. The molecule has 0 atom stereocenters. The first-order valence-corrected chi connectivity index (χ1v) is 7.27. The van der Waals surface area contributed by atoms with Crippen LogP contribution in [0.1, 0.15) is 27.6 Å². The Bertz CT molecular complexity index is 852. The molecule has 0 bridgehead atoms. The number of carbonyl (C=O) groups excluding carboxylic acids is 1. The Balaban J connectivity index is 1.77. The summed E-state index contributed by atoms with van der Waals surface area (Å²) in [7, 11) is 0. The molecule has 0 unspecified atom stereocenters. The molecule has 0 saturated carbocycles. The lowest BCUT2D eigenvalue weighted by Gasteiger charge is -2.07. The van der Waals surface area contributed by atoms with E-state index in [0.717, 1.165) is 17.1 Å². The van der Waals surface area contributed by atoms with Crippen LogP contribution < -0.4 is 5.32 Å². The zero-order chi connectivity index (χ0) is 16.4. The van der Waals surface area contributed by atoms with E-state index in [9.17, 15) is 4.79 Å². The van der Waals surface area contributed by atoms with Crippen molar-refractivity contribution in [1.29, 1.82) is 0 Å². The second kappa shape index (κ2) is 6.00. The highest BCUT2D eigenvalue weighted by Gasteiger charge is 2.09. The zero-order valence-corrected chi connectivity index (χ0v) is 13.2. The number of nitrogens with one attached hydrogen (secondary N) is 1. The van der Waals surface area contributed by atoms with Gasteiger partial charge in [0.2, 0.25) is 0 Å². The maximum Gasteiger partial charge on any atom is 0.274 e. The van der Waals surface area contributed by atoms with Crippen LogP contribution >= 0.6 is 0 Å². The third-order valence-electron chi connectivity index (χ3n) is 3.35. The van der Waals surface area contributed by atoms with Crippen LogP contribution in [0.25, 0.3) is 5.82 Å². The summed E-state index contributed by atoms with van der Waals surface area (Å²) >= 11 is 0. The van der Waals surface area contributed by atoms with Gasteiger partial charge in [0.15, 0.2) is 5.82 Å². The molecule has 6 heteroatoms. The van der Waals surface area contributed by atoms with Crippen molar-refractivity contribution in [3.05, 3.63) is 65.4 Å². The molecule has 3 rings (SSSR count). The molecule has 1 N–H and O–H groups in total. The summed E-state index contributed by atoms with van der Waals surface area (Å²) in [6.45, 7) is 5.76. The monoisotopic (exact) mass is 307 g/mol. The third-order valence-corrected chi connectivity index (χ3v) is 3.35. The molecular formula is C17H17N5O. The highest BCUT2D eigenvalue weighted by atomic mass is 16.1. The van der Waals surface area contributed by atoms with Crippen LogP contribution in [-0.2, 0) is 0 Å². The van der Waals surface area contributed by atoms with Gasteiger partial charge < -0.3 is 5.32 Å². The van der Waals surface area contributed by atoms with Gasteiger partial charge in [-0.2, -0.15) is 5.10 Å². The standard InChI is InChI=1S/C17H17N5O/c1-11-5-4-6-15(19-11)17(23)20-14-7-8-16(18-10-14)22-13(3)9-12(2)21-22/h4-10H,1-3H3,(H,20,23). The highest BCUT2D eigenvalue weighted by molar-refractivity contribution is 6.02. The van der Waals surface area contributed by atoms with Gasteiger partial charge in [-0.25, -0.2) is 14.6 Å². The van der Waals surface area contributed by atoms with Crippen LogP contribution in [0.4, 0.5) is 5.69 Å². The van der Waals surface area contributed by atoms with Crippen molar-refractivity contribution < 1.29 is 4.79 Å². The van der Waals surface area contributed by atoms with E-state index in [-0.39, 0.29) is 5.91 Å². The fourth-order valence-electron chi connectivity index (χ4n) is 2.31. The highest BCUT2D eigenvalue weighted by Crippen LogP contribution is 2.13. The molecule has 0 spiro atoms. The lowest BCUT2D eigenvalue weighted by Crippen LogP contribution is -2.14. The normalized spacial score (nSPS) is 10.6. The number of hydrogen-bond donors (Lipinski definition) is 1. The first-order chi connectivity index (χ1) is 11.0. The van der Waals surface area contributed by atoms with Crippen molar-refractivity contribution in [2.45, 2.75) is 20.8 Å². The Kier molecular flexibility index (Phi) is 3.89. The van der Waals surface area contributed by atoms with E-state index in [2.05, 4.69) is 20.4 Å². The van der Waals surface area contributed by atoms with E-state index < -0.39 is 0 Å². The largest absolute Gasteiger partial charge is 0.319 e. The molecule has 0 saturated heterocycles. The van der Waals surface area contributed by atoms with Gasteiger partial charge in [0.25, 0.3) is 5.91 Å². The van der Waals surface area contributed by atoms with Gasteiger partial charge in [0.1, 0.15) is 5.69 Å². The summed E-state index contributed by atoms with van der Waals surface area (Å²) in [6, 6.07) is 10.9. The van der Waals surface area contributed by atoms with E-state index in [4.69, 9.17) is 0 Å². The number of aryl methyl sites for hydroxylation is 3. The minimum Gasteiger partial charge on any atom is -0.319 e. The summed E-state index contributed by atoms with van der Waals surface area (Å²) in [4.78, 5) is 20.7. The SMILES string of the molecule is Cc1cccc(C(=O)Nc2ccc(-n3nc(C)cc3C)nc2)n1. The predicted octanol–water partition coefficient (Wildman–Crippen LogP) is 2.84. The van der Waals surface area contributed by atoms with Crippen LogP contribution in [0.5, 0.6) is 0 Å². The number of nitrogens with zero attached hydrogens (tertiary/aromatic N) is 4. The summed E-state index contributed by atoms with van der Waals surface area (Å²) in [5, 5.41) is 7.18. The Labute approximate surface area is 134 Å². The Morgan fingerprint density at radius 3 is 2.52 bits per heavy atom. The molecule has 0 aliphatic rings. The molecule has 3 aromatic rings. The number of amides is 1. The average Bonchev–Trinajstić information content (AvgIpc) is 2.86. The van der Waals surface area contributed by atoms with E-state index in [1.54, 1.807) is 29.1 Å². The molecule has 0 aromatic carbocycles. The molecule has 0 aliphatic carbocycles. The van der Waals surface area contributed by atoms with Crippen molar-refractivity contribution in [3.63, 3.8) is 0 Å². The quantitative estimate of drug-likeness (QED) is 0.807. The first-order valence-electron chi connectivity index (χ1n) is 7.27. The molecule has 23 heavy (non-hydrogen) atoms. The van der Waals surface area contributed by atoms with Crippen molar-refractivity contribution in [2.24, 2.45) is 0 Å². The number of anilines is 1. The summed E-state index contributed by atoms with van der Waals surface area (Å²) in [6.07, 6.45) is 1.61. The van der Waals surface area contributed by atoms with E-state index >= 15 is 0 Å². The lowest BCUT2D eigenvalue weighted by atomic mass is 10.3. The molecule has 6 nitrogen and oxygen atoms in total. The number of hydrogen-bond acceptors (Lipinski definition) is 4. The summed E-state index contributed by atoms with van der Waals surface area (Å²) in [5.41, 5.74) is 3.75. The molecule has 1 amide bonds. The van der Waals surface area contributed by atoms with Crippen molar-refractivity contribution in [3.8, 4) is 5.82 Å². The molecule has 116 valence electrons. The number of carbonyl (C=O) groups is 1. The van der Waals surface area contributed by atoms with E-state index in [1.807, 2.05) is 39.0 Å². The first kappa shape index (κ1) is 14.9. The van der Waals surface area contributed by atoms with Gasteiger partial charge in [-0.05, 0) is 51.1 Å². The molecule has 3 aromatic heterocycles. The second-order valence-electron chi connectivity index (χ2n) is 5.36. The lowest BCUT2D eigenvalue weighted by molar-refractivity contribution is 0.102. The van der Waals surface area contributed by atoms with Crippen LogP contribution in [-0.4, -0.2) is 25.7 Å². The third kappa shape index (κ3) is 3.26. The smallest absolute Gasteiger partial charge is 0.274 e. The van der Waals surface area contributed by atoms with Crippen molar-refractivity contribution in [1.82, 2.24) is 19.7 Å². The van der Waals surface area contributed by atoms with E-state index in [1.165, 1.54) is 0 Å². The average molecular weight is 307 g/mol. The number of rotatable bonds is 3. The van der Waals surface area contributed by atoms with Gasteiger partial charge in [-0.15, -0.1) is 0 Å². The molecular weight excluding hydrogens is 290 g/mol. The Morgan fingerprint density at radius 2 is 1.91 bits per heavy atom. The van der Waals surface area contributed by atoms with Gasteiger partial charge in [-0.1, -0.05) is 6.07 Å². The second-order valence-corrected chi connectivity index (χ2v) is 5.36. The minimum atomic E-state index is -0.255. The van der Waals surface area contributed by atoms with Gasteiger partial charge in [-0.3, -0.25) is 4.79 Å². The van der Waals surface area contributed by atoms with Crippen molar-refractivity contribution >= 4 is 11.6 Å². The van der Waals surface area contributed by atoms with Crippen LogP contribution in [0.3, 0.4) is 0 Å². The zero-order valence-electron chi connectivity index (χ0n) is 13.2. The summed E-state index contributed by atoms with van der Waals surface area (Å²) in [5.74, 6) is 0.455. The van der Waals surface area contributed by atoms with E-state index in [0.29, 0.717) is 17.2 Å². The van der Waals surface area contributed by atoms with Gasteiger partial charge in [0, 0.05) is 11.4 Å². The topological polar surface area (TPSA) is 72.7 Å². The summed E-state index contributed by atoms with van der Waals surface area (Å²) < 4.78 is 1.77. The Morgan fingerprint density at radius 1 is 1.09 bits per heavy atom. The predicted molar refractivity (Wildman–Crippen MR) is 87.8 cm³/mol. The van der Waals surface area contributed by atoms with Crippen LogP contribution in [0.15, 0.2) is 42.6 Å². The van der Waals surface area contributed by atoms with Crippen LogP contribution in [0, 0.1) is 20.8 Å². The number of pyridine rings is 2. The molecule has 0 radical (unpaired) electrons. The van der Waals surface area contributed by atoms with Crippen LogP contribution in [0.2, 0.25) is 0 Å². The molecule has 0 aliphatic heterocycles. The minimum absolute atomic E-state index is 0.255. The maximum absolute atomic E-state index is 12.2. The fourth-order valence-corrected chi connectivity index (χ4v) is 2.31. The Hall–Kier alpha value is -3.02.